The van der Waals surface area contributed by atoms with Gasteiger partial charge in [-0.3, -0.25) is 39.4 Å². The van der Waals surface area contributed by atoms with Crippen LogP contribution in [0.4, 0.5) is 5.69 Å². The van der Waals surface area contributed by atoms with Crippen LogP contribution >= 0.6 is 0 Å². The number of nitro benzene ring substituents is 1. The summed E-state index contributed by atoms with van der Waals surface area (Å²) in [4.78, 5) is 77.2. The van der Waals surface area contributed by atoms with Crippen molar-refractivity contribution in [1.29, 1.82) is 0 Å². The van der Waals surface area contributed by atoms with Crippen molar-refractivity contribution in [2.24, 2.45) is 27.4 Å². The van der Waals surface area contributed by atoms with E-state index in [1.807, 2.05) is 47.6 Å². The van der Waals surface area contributed by atoms with Crippen molar-refractivity contribution in [2.75, 3.05) is 13.7 Å². The Kier molecular flexibility index (Phi) is 18.3. The molecule has 2 heterocycles. The molecule has 18 heteroatoms. The Hall–Kier alpha value is -6.17. The molecule has 0 saturated carbocycles. The molecule has 2 unspecified atom stereocenters. The van der Waals surface area contributed by atoms with Gasteiger partial charge in [-0.05, 0) is 46.8 Å². The number of aromatic nitrogens is 2. The Morgan fingerprint density at radius 3 is 1.92 bits per heavy atom. The van der Waals surface area contributed by atoms with E-state index in [4.69, 9.17) is 14.9 Å². The van der Waals surface area contributed by atoms with E-state index in [-0.39, 0.29) is 58.8 Å². The summed E-state index contributed by atoms with van der Waals surface area (Å²) < 4.78 is 19.3. The van der Waals surface area contributed by atoms with E-state index in [0.29, 0.717) is 40.3 Å². The van der Waals surface area contributed by atoms with E-state index in [1.165, 1.54) is 30.3 Å². The lowest BCUT2D eigenvalue weighted by Gasteiger charge is -2.32. The number of benzene rings is 2. The molecule has 5 rings (SSSR count). The molecule has 18 nitrogen and oxygen atoms in total. The molecule has 63 heavy (non-hydrogen) atoms. The van der Waals surface area contributed by atoms with Gasteiger partial charge in [0.1, 0.15) is 29.4 Å². The smallest absolute Gasteiger partial charge is 0.336 e. The van der Waals surface area contributed by atoms with Crippen molar-refractivity contribution >= 4 is 40.5 Å². The van der Waals surface area contributed by atoms with E-state index in [1.54, 1.807) is 40.0 Å². The highest BCUT2D eigenvalue weighted by Crippen LogP contribution is 2.46. The molecule has 0 bridgehead atoms. The molecule has 2 aromatic heterocycles. The molecule has 0 fully saturated rings. The number of methoxy groups -OCH3 is 1. The van der Waals surface area contributed by atoms with Crippen LogP contribution in [0, 0.1) is 41.9 Å². The number of nitrogens with two attached hydrogens (primary N) is 1. The molecule has 2 aromatic carbocycles. The SMILES string of the molecule is CC(C)(C)C(=O)[C@@H](N)COC=O.CC(C)(C)C(=O)c1ccc([N+](=O)[O-])cc1.CC(C)(C)C1CCC([N+](=O)[O-])c2nonc21.COc1ccc2c(CC(=O)C(C)(C)C)cc(=O)oc2c1. The largest absolute Gasteiger partial charge is 0.497 e. The summed E-state index contributed by atoms with van der Waals surface area (Å²) in [7, 11) is 1.55. The standard InChI is InChI=1S/C16H18O4.C11H13NO3.C10H15N3O3.C8H15NO3/c1-16(2,3)14(17)7-10-8-15(18)20-13-9-11(19-4)5-6-12(10)13;1-11(2,3)10(13)8-4-6-9(7-5-8)12(14)15;1-10(2,3)6-4-5-7(13(14)15)9-8(6)11-16-12-9;1-8(2,3)7(11)6(9)4-12-5-10/h5-6,8-9H,7H2,1-4H3;4-7H,1-3H3;6-7H,4-5H2,1-3H3;5-6H,4,9H2,1-3H3/t;;;6-/m...0/s1. The summed E-state index contributed by atoms with van der Waals surface area (Å²) in [6, 6.07) is 10.8. The topological polar surface area (TPSA) is 268 Å². The fourth-order valence-electron chi connectivity index (χ4n) is 6.19. The lowest BCUT2D eigenvalue weighted by atomic mass is 9.72. The number of nitro groups is 2. The van der Waals surface area contributed by atoms with Gasteiger partial charge in [0.05, 0.1) is 18.1 Å². The van der Waals surface area contributed by atoms with Crippen molar-refractivity contribution in [2.45, 2.75) is 120 Å². The number of hydrogen-bond donors (Lipinski definition) is 1. The minimum Gasteiger partial charge on any atom is -0.497 e. The molecule has 0 radical (unpaired) electrons. The highest BCUT2D eigenvalue weighted by Gasteiger charge is 2.43. The first kappa shape index (κ1) is 53.0. The van der Waals surface area contributed by atoms with Gasteiger partial charge in [0.25, 0.3) is 18.2 Å². The third-order valence-corrected chi connectivity index (χ3v) is 9.88. The zero-order valence-electron chi connectivity index (χ0n) is 38.4. The molecule has 1 aliphatic rings. The summed E-state index contributed by atoms with van der Waals surface area (Å²) >= 11 is 0. The number of ketones is 3. The van der Waals surface area contributed by atoms with Crippen LogP contribution in [0.2, 0.25) is 0 Å². The zero-order chi connectivity index (χ0) is 48.2. The summed E-state index contributed by atoms with van der Waals surface area (Å²) in [5.41, 5.74) is 6.36. The van der Waals surface area contributed by atoms with Crippen LogP contribution in [0.25, 0.3) is 11.0 Å². The number of fused-ring (bicyclic) bond motifs is 2. The van der Waals surface area contributed by atoms with Crippen molar-refractivity contribution < 1.29 is 47.5 Å². The van der Waals surface area contributed by atoms with Crippen LogP contribution in [0.5, 0.6) is 5.75 Å². The van der Waals surface area contributed by atoms with Crippen LogP contribution in [-0.4, -0.2) is 63.7 Å². The van der Waals surface area contributed by atoms with Gasteiger partial charge in [-0.15, -0.1) is 0 Å². The van der Waals surface area contributed by atoms with Crippen molar-refractivity contribution in [3.63, 3.8) is 0 Å². The Bertz CT molecular complexity index is 2290. The minimum absolute atomic E-state index is 0.000425. The Balaban J connectivity index is 0.000000294. The monoisotopic (exact) mass is 879 g/mol. The first-order valence-electron chi connectivity index (χ1n) is 20.2. The molecule has 0 spiro atoms. The fraction of sp³-hybridized carbons (Fsp3) is 0.533. The second kappa shape index (κ2) is 21.8. The molecule has 3 atom stereocenters. The van der Waals surface area contributed by atoms with Gasteiger partial charge >= 0.3 is 5.63 Å². The zero-order valence-corrected chi connectivity index (χ0v) is 38.4. The van der Waals surface area contributed by atoms with Gasteiger partial charge in [0.15, 0.2) is 17.3 Å². The van der Waals surface area contributed by atoms with Crippen LogP contribution in [0.15, 0.2) is 62.4 Å². The molecular formula is C45H61N5O13. The first-order chi connectivity index (χ1) is 28.9. The number of ether oxygens (including phenoxy) is 2. The van der Waals surface area contributed by atoms with E-state index in [0.717, 1.165) is 11.8 Å². The van der Waals surface area contributed by atoms with Gasteiger partial charge in [-0.1, -0.05) is 88.2 Å². The lowest BCUT2D eigenvalue weighted by molar-refractivity contribution is -0.532. The third-order valence-electron chi connectivity index (χ3n) is 9.88. The van der Waals surface area contributed by atoms with E-state index in [9.17, 15) is 44.2 Å². The molecule has 344 valence electrons. The van der Waals surface area contributed by atoms with E-state index >= 15 is 0 Å². The lowest BCUT2D eigenvalue weighted by Crippen LogP contribution is -2.42. The third kappa shape index (κ3) is 15.6. The molecule has 0 amide bonds. The van der Waals surface area contributed by atoms with Gasteiger partial charge in [0.2, 0.25) is 0 Å². The van der Waals surface area contributed by atoms with Crippen molar-refractivity contribution in [1.82, 2.24) is 10.3 Å². The van der Waals surface area contributed by atoms with Crippen LogP contribution in [0.3, 0.4) is 0 Å². The van der Waals surface area contributed by atoms with Gasteiger partial charge in [0, 0.05) is 75.1 Å². The maximum absolute atomic E-state index is 12.2. The predicted octanol–water partition coefficient (Wildman–Crippen LogP) is 8.20. The molecule has 2 N–H and O–H groups in total. The van der Waals surface area contributed by atoms with Crippen molar-refractivity contribution in [3.05, 3.63) is 102 Å². The maximum atomic E-state index is 12.2. The number of carbonyl (C=O) groups is 4. The van der Waals surface area contributed by atoms with Crippen molar-refractivity contribution in [3.8, 4) is 5.75 Å². The number of carbonyl (C=O) groups excluding carboxylic acids is 4. The second-order valence-corrected chi connectivity index (χ2v) is 19.2. The number of Topliss-reactive ketones (excluding diaryl/α,β-unsaturated/α-hetero) is 3. The van der Waals surface area contributed by atoms with Gasteiger partial charge < -0.3 is 19.6 Å². The average Bonchev–Trinajstić information content (AvgIpc) is 3.68. The molecule has 0 saturated heterocycles. The Morgan fingerprint density at radius 1 is 0.857 bits per heavy atom. The van der Waals surface area contributed by atoms with Gasteiger partial charge in [-0.2, -0.15) is 0 Å². The summed E-state index contributed by atoms with van der Waals surface area (Å²) in [5.74, 6) is 0.756. The van der Waals surface area contributed by atoms with Crippen LogP contribution < -0.4 is 16.1 Å². The maximum Gasteiger partial charge on any atom is 0.336 e. The number of hydrogen-bond acceptors (Lipinski definition) is 16. The average molecular weight is 880 g/mol. The first-order valence-corrected chi connectivity index (χ1v) is 20.2. The normalized spacial score (nSPS) is 15.3. The van der Waals surface area contributed by atoms with E-state index in [2.05, 4.69) is 40.5 Å². The molecule has 1 aliphatic carbocycles. The summed E-state index contributed by atoms with van der Waals surface area (Å²) in [5, 5.41) is 29.6. The molecule has 4 aromatic rings. The van der Waals surface area contributed by atoms with E-state index < -0.39 is 38.9 Å². The fourth-order valence-corrected chi connectivity index (χ4v) is 6.19. The highest BCUT2D eigenvalue weighted by molar-refractivity contribution is 6.00. The predicted molar refractivity (Wildman–Crippen MR) is 234 cm³/mol. The number of rotatable bonds is 10. The number of non-ortho nitro benzene ring substituents is 1. The Morgan fingerprint density at radius 2 is 1.44 bits per heavy atom. The Labute approximate surface area is 366 Å². The minimum atomic E-state index is -0.750. The molecule has 0 aliphatic heterocycles. The van der Waals surface area contributed by atoms with Crippen LogP contribution in [0.1, 0.15) is 135 Å². The highest BCUT2D eigenvalue weighted by atomic mass is 16.6. The van der Waals surface area contributed by atoms with Crippen LogP contribution in [-0.2, 0) is 25.5 Å². The molecular weight excluding hydrogens is 819 g/mol. The van der Waals surface area contributed by atoms with Gasteiger partial charge in [-0.25, -0.2) is 9.42 Å². The quantitative estimate of drug-likeness (QED) is 0.0517. The number of nitrogens with zero attached hydrogens (tertiary/aromatic N) is 4. The summed E-state index contributed by atoms with van der Waals surface area (Å²) in [6.07, 6.45) is 1.49. The summed E-state index contributed by atoms with van der Waals surface area (Å²) in [6.45, 7) is 22.9. The second-order valence-electron chi connectivity index (χ2n) is 19.2.